The largest absolute Gasteiger partial charge is 0.486 e. The molecule has 0 radical (unpaired) electrons. The normalized spacial score (nSPS) is 12.5. The van der Waals surface area contributed by atoms with Crippen LogP contribution in [0.15, 0.2) is 78.0 Å². The number of thioether (sulfide) groups is 1. The van der Waals surface area contributed by atoms with E-state index in [4.69, 9.17) is 9.47 Å². The van der Waals surface area contributed by atoms with Gasteiger partial charge in [-0.2, -0.15) is 0 Å². The second-order valence-corrected chi connectivity index (χ2v) is 8.00. The highest BCUT2D eigenvalue weighted by atomic mass is 32.2. The van der Waals surface area contributed by atoms with Crippen molar-refractivity contribution in [3.8, 4) is 28.6 Å². The molecule has 0 N–H and O–H groups in total. The summed E-state index contributed by atoms with van der Waals surface area (Å²) >= 11 is 1.29. The van der Waals surface area contributed by atoms with E-state index in [0.29, 0.717) is 41.3 Å². The van der Waals surface area contributed by atoms with E-state index < -0.39 is 0 Å². The van der Waals surface area contributed by atoms with Crippen molar-refractivity contribution >= 4 is 17.5 Å². The van der Waals surface area contributed by atoms with Gasteiger partial charge in [-0.15, -0.1) is 10.2 Å². The molecule has 1 aliphatic heterocycles. The number of aromatic nitrogens is 3. The van der Waals surface area contributed by atoms with Crippen molar-refractivity contribution in [2.24, 2.45) is 0 Å². The van der Waals surface area contributed by atoms with Gasteiger partial charge in [0.1, 0.15) is 19.0 Å². The molecule has 0 amide bonds. The van der Waals surface area contributed by atoms with Crippen molar-refractivity contribution in [2.45, 2.75) is 5.16 Å². The number of fused-ring (bicyclic) bond motifs is 1. The van der Waals surface area contributed by atoms with Crippen molar-refractivity contribution in [3.05, 3.63) is 84.2 Å². The standard InChI is InChI=1S/C24H18FN3O3S/c25-18-9-6-16(7-10-18)23-26-27-24(28(23)19-4-2-1-3-5-19)32-15-20(29)17-8-11-21-22(14-17)31-13-12-30-21/h1-11,14H,12-13,15H2. The molecule has 8 heteroatoms. The zero-order chi connectivity index (χ0) is 21.9. The number of benzene rings is 3. The SMILES string of the molecule is O=C(CSc1nnc(-c2ccc(F)cc2)n1-c1ccccc1)c1ccc2c(c1)OCCO2. The van der Waals surface area contributed by atoms with E-state index >= 15 is 0 Å². The molecule has 0 aliphatic carbocycles. The van der Waals surface area contributed by atoms with Crippen LogP contribution in [0.5, 0.6) is 11.5 Å². The molecule has 0 bridgehead atoms. The molecule has 160 valence electrons. The first kappa shape index (κ1) is 20.3. The van der Waals surface area contributed by atoms with Gasteiger partial charge in [0.15, 0.2) is 28.3 Å². The minimum absolute atomic E-state index is 0.0575. The number of ether oxygens (including phenoxy) is 2. The van der Waals surface area contributed by atoms with Gasteiger partial charge in [-0.3, -0.25) is 9.36 Å². The van der Waals surface area contributed by atoms with Crippen LogP contribution in [0.2, 0.25) is 0 Å². The zero-order valence-corrected chi connectivity index (χ0v) is 17.7. The second-order valence-electron chi connectivity index (χ2n) is 7.05. The molecule has 2 heterocycles. The highest BCUT2D eigenvalue weighted by Crippen LogP contribution is 2.32. The highest BCUT2D eigenvalue weighted by molar-refractivity contribution is 7.99. The van der Waals surface area contributed by atoms with Crippen LogP contribution in [0, 0.1) is 5.82 Å². The third kappa shape index (κ3) is 4.09. The Balaban J connectivity index is 1.42. The monoisotopic (exact) mass is 447 g/mol. The third-order valence-corrected chi connectivity index (χ3v) is 5.88. The molecule has 32 heavy (non-hydrogen) atoms. The second kappa shape index (κ2) is 8.84. The van der Waals surface area contributed by atoms with Crippen molar-refractivity contribution < 1.29 is 18.7 Å². The summed E-state index contributed by atoms with van der Waals surface area (Å²) in [7, 11) is 0. The minimum atomic E-state index is -0.320. The maximum Gasteiger partial charge on any atom is 0.196 e. The lowest BCUT2D eigenvalue weighted by Crippen LogP contribution is -2.16. The molecule has 3 aromatic carbocycles. The van der Waals surface area contributed by atoms with Crippen LogP contribution in [0.3, 0.4) is 0 Å². The molecule has 0 fully saturated rings. The number of ketones is 1. The number of carbonyl (C=O) groups excluding carboxylic acids is 1. The Morgan fingerprint density at radius 1 is 0.938 bits per heavy atom. The Labute approximate surface area is 188 Å². The first-order chi connectivity index (χ1) is 15.7. The van der Waals surface area contributed by atoms with E-state index in [2.05, 4.69) is 10.2 Å². The molecule has 0 unspecified atom stereocenters. The quantitative estimate of drug-likeness (QED) is 0.312. The lowest BCUT2D eigenvalue weighted by molar-refractivity contribution is 0.102. The molecular weight excluding hydrogens is 429 g/mol. The molecule has 6 nitrogen and oxygen atoms in total. The van der Waals surface area contributed by atoms with Crippen molar-refractivity contribution in [3.63, 3.8) is 0 Å². The summed E-state index contributed by atoms with van der Waals surface area (Å²) in [4.78, 5) is 12.8. The Morgan fingerprint density at radius 3 is 2.47 bits per heavy atom. The highest BCUT2D eigenvalue weighted by Gasteiger charge is 2.19. The Hall–Kier alpha value is -3.65. The van der Waals surface area contributed by atoms with E-state index in [1.807, 2.05) is 34.9 Å². The summed E-state index contributed by atoms with van der Waals surface area (Å²) in [6.45, 7) is 0.966. The van der Waals surface area contributed by atoms with Crippen LogP contribution < -0.4 is 9.47 Å². The number of Topliss-reactive ketones (excluding diaryl/α,β-unsaturated/α-hetero) is 1. The number of carbonyl (C=O) groups is 1. The number of hydrogen-bond acceptors (Lipinski definition) is 6. The van der Waals surface area contributed by atoms with E-state index in [1.165, 1.54) is 23.9 Å². The fourth-order valence-electron chi connectivity index (χ4n) is 3.39. The van der Waals surface area contributed by atoms with Gasteiger partial charge in [0.05, 0.1) is 5.75 Å². The van der Waals surface area contributed by atoms with Gasteiger partial charge in [-0.25, -0.2) is 4.39 Å². The zero-order valence-electron chi connectivity index (χ0n) is 16.9. The molecule has 1 aromatic heterocycles. The van der Waals surface area contributed by atoms with Gasteiger partial charge in [0.25, 0.3) is 0 Å². The summed E-state index contributed by atoms with van der Waals surface area (Å²) in [6, 6.07) is 20.9. The molecule has 4 aromatic rings. The molecule has 0 atom stereocenters. The third-order valence-electron chi connectivity index (χ3n) is 4.95. The van der Waals surface area contributed by atoms with Crippen molar-refractivity contribution in [2.75, 3.05) is 19.0 Å². The topological polar surface area (TPSA) is 66.2 Å². The molecule has 5 rings (SSSR count). The molecular formula is C24H18FN3O3S. The Kier molecular flexibility index (Phi) is 5.60. The number of halogens is 1. The first-order valence-electron chi connectivity index (χ1n) is 10.0. The molecule has 0 saturated heterocycles. The summed E-state index contributed by atoms with van der Waals surface area (Å²) < 4.78 is 26.4. The maximum atomic E-state index is 13.4. The van der Waals surface area contributed by atoms with Crippen LogP contribution in [-0.2, 0) is 0 Å². The predicted molar refractivity (Wildman–Crippen MR) is 119 cm³/mol. The van der Waals surface area contributed by atoms with Crippen LogP contribution in [-0.4, -0.2) is 39.5 Å². The van der Waals surface area contributed by atoms with Gasteiger partial charge in [-0.05, 0) is 54.6 Å². The van der Waals surface area contributed by atoms with E-state index in [0.717, 1.165) is 11.3 Å². The summed E-state index contributed by atoms with van der Waals surface area (Å²) in [5.41, 5.74) is 2.13. The summed E-state index contributed by atoms with van der Waals surface area (Å²) in [5.74, 6) is 1.60. The minimum Gasteiger partial charge on any atom is -0.486 e. The molecule has 0 saturated carbocycles. The number of hydrogen-bond donors (Lipinski definition) is 0. The van der Waals surface area contributed by atoms with Gasteiger partial charge in [0.2, 0.25) is 0 Å². The predicted octanol–water partition coefficient (Wildman–Crippen LogP) is 4.82. The Bertz CT molecular complexity index is 1260. The first-order valence-corrected chi connectivity index (χ1v) is 11.0. The van der Waals surface area contributed by atoms with Crippen LogP contribution in [0.1, 0.15) is 10.4 Å². The van der Waals surface area contributed by atoms with Crippen LogP contribution in [0.4, 0.5) is 4.39 Å². The van der Waals surface area contributed by atoms with Crippen molar-refractivity contribution in [1.82, 2.24) is 14.8 Å². The van der Waals surface area contributed by atoms with Gasteiger partial charge in [0, 0.05) is 16.8 Å². The average Bonchev–Trinajstić information content (AvgIpc) is 3.27. The number of para-hydroxylation sites is 1. The number of rotatable bonds is 6. The van der Waals surface area contributed by atoms with Gasteiger partial charge < -0.3 is 9.47 Å². The van der Waals surface area contributed by atoms with Crippen LogP contribution in [0.25, 0.3) is 17.1 Å². The summed E-state index contributed by atoms with van der Waals surface area (Å²) in [6.07, 6.45) is 0. The number of nitrogens with zero attached hydrogens (tertiary/aromatic N) is 3. The van der Waals surface area contributed by atoms with E-state index in [1.54, 1.807) is 30.3 Å². The molecule has 1 aliphatic rings. The molecule has 0 spiro atoms. The van der Waals surface area contributed by atoms with Crippen molar-refractivity contribution in [1.29, 1.82) is 0 Å². The Morgan fingerprint density at radius 2 is 1.69 bits per heavy atom. The van der Waals surface area contributed by atoms with E-state index in [9.17, 15) is 9.18 Å². The van der Waals surface area contributed by atoms with Crippen LogP contribution >= 0.6 is 11.8 Å². The maximum absolute atomic E-state index is 13.4. The fourth-order valence-corrected chi connectivity index (χ4v) is 4.24. The van der Waals surface area contributed by atoms with E-state index in [-0.39, 0.29) is 17.4 Å². The van der Waals surface area contributed by atoms with Gasteiger partial charge >= 0.3 is 0 Å². The smallest absolute Gasteiger partial charge is 0.196 e. The lowest BCUT2D eigenvalue weighted by atomic mass is 10.1. The lowest BCUT2D eigenvalue weighted by Gasteiger charge is -2.18. The summed E-state index contributed by atoms with van der Waals surface area (Å²) in [5, 5.41) is 9.21. The van der Waals surface area contributed by atoms with Gasteiger partial charge in [-0.1, -0.05) is 30.0 Å². The average molecular weight is 447 g/mol. The fraction of sp³-hybridized carbons (Fsp3) is 0.125.